The molecular weight excluding hydrogens is 376 g/mol. The van der Waals surface area contributed by atoms with Gasteiger partial charge in [0, 0.05) is 23.9 Å². The Hall–Kier alpha value is -2.22. The maximum Gasteiger partial charge on any atom is 0.328 e. The summed E-state index contributed by atoms with van der Waals surface area (Å²) < 4.78 is 4.82. The molecule has 0 unspecified atom stereocenters. The second-order valence-corrected chi connectivity index (χ2v) is 8.88. The predicted octanol–water partition coefficient (Wildman–Crippen LogP) is 2.84. The van der Waals surface area contributed by atoms with Crippen molar-refractivity contribution in [2.24, 2.45) is 11.8 Å². The Labute approximate surface area is 169 Å². The molecule has 0 radical (unpaired) electrons. The zero-order chi connectivity index (χ0) is 20.4. The molecule has 1 aliphatic rings. The Balaban J connectivity index is 1.68. The fraction of sp³-hybridized carbons (Fsp3) is 0.600. The summed E-state index contributed by atoms with van der Waals surface area (Å²) in [6, 6.07) is -0.603. The van der Waals surface area contributed by atoms with Crippen LogP contribution >= 0.6 is 11.3 Å². The molecule has 0 bridgehead atoms. The Kier molecular flexibility index (Phi) is 6.17. The summed E-state index contributed by atoms with van der Waals surface area (Å²) in [4.78, 5) is 38.1. The molecule has 3 heterocycles. The van der Waals surface area contributed by atoms with Gasteiger partial charge in [0.1, 0.15) is 23.0 Å². The molecule has 1 fully saturated rings. The molecule has 7 nitrogen and oxygen atoms in total. The Morgan fingerprint density at radius 1 is 1.25 bits per heavy atom. The third-order valence-corrected chi connectivity index (χ3v) is 6.65. The number of ether oxygens (including phenoxy) is 1. The van der Waals surface area contributed by atoms with E-state index in [0.29, 0.717) is 0 Å². The van der Waals surface area contributed by atoms with Crippen molar-refractivity contribution in [3.63, 3.8) is 0 Å². The number of aromatic nitrogens is 2. The normalized spacial score (nSPS) is 16.4. The van der Waals surface area contributed by atoms with E-state index in [-0.39, 0.29) is 17.7 Å². The van der Waals surface area contributed by atoms with Gasteiger partial charge in [0.25, 0.3) is 0 Å². The first-order valence-corrected chi connectivity index (χ1v) is 10.5. The van der Waals surface area contributed by atoms with E-state index in [1.54, 1.807) is 17.7 Å². The molecule has 3 rings (SSSR count). The number of methoxy groups -OCH3 is 1. The minimum absolute atomic E-state index is 0.0180. The van der Waals surface area contributed by atoms with Crippen LogP contribution in [-0.4, -0.2) is 48.1 Å². The number of hydrogen-bond donors (Lipinski definition) is 1. The lowest BCUT2D eigenvalue weighted by atomic mass is 9.94. The molecule has 1 atom stereocenters. The van der Waals surface area contributed by atoms with Crippen LogP contribution in [0.5, 0.6) is 0 Å². The fourth-order valence-electron chi connectivity index (χ4n) is 3.65. The van der Waals surface area contributed by atoms with Gasteiger partial charge in [0.05, 0.1) is 12.5 Å². The van der Waals surface area contributed by atoms with Gasteiger partial charge in [0.2, 0.25) is 5.91 Å². The molecule has 28 heavy (non-hydrogen) atoms. The van der Waals surface area contributed by atoms with E-state index in [1.165, 1.54) is 17.6 Å². The van der Waals surface area contributed by atoms with Crippen molar-refractivity contribution in [3.05, 3.63) is 16.8 Å². The highest BCUT2D eigenvalue weighted by atomic mass is 32.1. The lowest BCUT2D eigenvalue weighted by molar-refractivity contribution is -0.147. The molecule has 0 spiro atoms. The molecule has 0 aliphatic carbocycles. The van der Waals surface area contributed by atoms with Crippen molar-refractivity contribution in [1.82, 2.24) is 15.3 Å². The number of thiophene rings is 1. The van der Waals surface area contributed by atoms with Gasteiger partial charge in [-0.2, -0.15) is 0 Å². The first-order valence-electron chi connectivity index (χ1n) is 9.67. The molecule has 2 aromatic rings. The van der Waals surface area contributed by atoms with Crippen LogP contribution in [0.4, 0.5) is 5.82 Å². The number of fused-ring (bicyclic) bond motifs is 1. The molecular formula is C20H28N4O3S. The number of piperidine rings is 1. The van der Waals surface area contributed by atoms with Crippen molar-refractivity contribution >= 4 is 39.2 Å². The number of nitrogens with one attached hydrogen (secondary N) is 1. The molecule has 1 amide bonds. The highest BCUT2D eigenvalue weighted by molar-refractivity contribution is 7.18. The molecule has 1 saturated heterocycles. The largest absolute Gasteiger partial charge is 0.467 e. The molecule has 0 saturated carbocycles. The van der Waals surface area contributed by atoms with Crippen molar-refractivity contribution < 1.29 is 14.3 Å². The minimum Gasteiger partial charge on any atom is -0.467 e. The average molecular weight is 405 g/mol. The predicted molar refractivity (Wildman–Crippen MR) is 111 cm³/mol. The van der Waals surface area contributed by atoms with E-state index in [2.05, 4.69) is 34.0 Å². The zero-order valence-corrected chi connectivity index (χ0v) is 17.9. The quantitative estimate of drug-likeness (QED) is 0.772. The molecule has 0 aromatic carbocycles. The molecule has 152 valence electrons. The van der Waals surface area contributed by atoms with Gasteiger partial charge in [-0.3, -0.25) is 4.79 Å². The highest BCUT2D eigenvalue weighted by Gasteiger charge is 2.31. The molecule has 2 aromatic heterocycles. The van der Waals surface area contributed by atoms with Gasteiger partial charge in [0.15, 0.2) is 0 Å². The average Bonchev–Trinajstić information content (AvgIpc) is 2.99. The summed E-state index contributed by atoms with van der Waals surface area (Å²) in [6.07, 6.45) is 3.08. The zero-order valence-electron chi connectivity index (χ0n) is 17.1. The number of carbonyl (C=O) groups is 2. The third-order valence-electron chi connectivity index (χ3n) is 5.53. The summed E-state index contributed by atoms with van der Waals surface area (Å²) in [5.41, 5.74) is 1.23. The smallest absolute Gasteiger partial charge is 0.328 e. The first kappa shape index (κ1) is 20.5. The Bertz CT molecular complexity index is 872. The maximum absolute atomic E-state index is 12.7. The van der Waals surface area contributed by atoms with Crippen LogP contribution < -0.4 is 10.2 Å². The Morgan fingerprint density at radius 2 is 1.93 bits per heavy atom. The van der Waals surface area contributed by atoms with E-state index in [1.807, 2.05) is 13.8 Å². The number of anilines is 1. The lowest BCUT2D eigenvalue weighted by Crippen LogP contribution is -2.49. The van der Waals surface area contributed by atoms with Crippen molar-refractivity contribution in [3.8, 4) is 0 Å². The van der Waals surface area contributed by atoms with Gasteiger partial charge in [-0.15, -0.1) is 11.3 Å². The second kappa shape index (κ2) is 8.43. The fourth-order valence-corrected chi connectivity index (χ4v) is 4.64. The molecule has 8 heteroatoms. The summed E-state index contributed by atoms with van der Waals surface area (Å²) in [7, 11) is 1.35. The number of amides is 1. The van der Waals surface area contributed by atoms with Crippen LogP contribution in [0.2, 0.25) is 0 Å². The summed E-state index contributed by atoms with van der Waals surface area (Å²) in [5.74, 6) is 0.368. The summed E-state index contributed by atoms with van der Waals surface area (Å²) in [6.45, 7) is 9.52. The van der Waals surface area contributed by atoms with E-state index >= 15 is 0 Å². The van der Waals surface area contributed by atoms with Gasteiger partial charge >= 0.3 is 5.97 Å². The van der Waals surface area contributed by atoms with Crippen molar-refractivity contribution in [2.75, 3.05) is 25.1 Å². The summed E-state index contributed by atoms with van der Waals surface area (Å²) >= 11 is 1.69. The summed E-state index contributed by atoms with van der Waals surface area (Å²) in [5, 5.41) is 4.00. The monoisotopic (exact) mass is 404 g/mol. The number of carbonyl (C=O) groups excluding carboxylic acids is 2. The second-order valence-electron chi connectivity index (χ2n) is 7.68. The number of rotatable bonds is 5. The topological polar surface area (TPSA) is 84.4 Å². The number of esters is 1. The van der Waals surface area contributed by atoms with Crippen LogP contribution in [-0.2, 0) is 14.3 Å². The van der Waals surface area contributed by atoms with Crippen LogP contribution in [0.25, 0.3) is 10.2 Å². The van der Waals surface area contributed by atoms with Crippen LogP contribution in [0.1, 0.15) is 37.1 Å². The van der Waals surface area contributed by atoms with E-state index in [9.17, 15) is 9.59 Å². The number of hydrogen-bond acceptors (Lipinski definition) is 7. The molecule has 1 aliphatic heterocycles. The number of aryl methyl sites for hydroxylation is 2. The minimum atomic E-state index is -0.603. The van der Waals surface area contributed by atoms with Gasteiger partial charge in [-0.1, -0.05) is 13.8 Å². The highest BCUT2D eigenvalue weighted by Crippen LogP contribution is 2.35. The SMILES string of the molecule is COC(=O)[C@@H](NC(=O)C1CCN(c2ncnc3sc(C)c(C)c23)CC1)C(C)C. The van der Waals surface area contributed by atoms with Crippen molar-refractivity contribution in [2.45, 2.75) is 46.6 Å². The van der Waals surface area contributed by atoms with E-state index < -0.39 is 12.0 Å². The standard InChI is InChI=1S/C20H28N4O3S/c1-11(2)16(20(26)27-5)23-18(25)14-6-8-24(9-7-14)17-15-12(3)13(4)28-19(15)22-10-21-17/h10-11,14,16H,6-9H2,1-5H3,(H,23,25)/t16-/m0/s1. The Morgan fingerprint density at radius 3 is 2.54 bits per heavy atom. The van der Waals surface area contributed by atoms with Gasteiger partial charge in [-0.05, 0) is 38.2 Å². The van der Waals surface area contributed by atoms with E-state index in [4.69, 9.17) is 4.74 Å². The lowest BCUT2D eigenvalue weighted by Gasteiger charge is -2.33. The maximum atomic E-state index is 12.7. The van der Waals surface area contributed by atoms with Crippen molar-refractivity contribution in [1.29, 1.82) is 0 Å². The van der Waals surface area contributed by atoms with Gasteiger partial charge in [-0.25, -0.2) is 14.8 Å². The van der Waals surface area contributed by atoms with Crippen LogP contribution in [0.15, 0.2) is 6.33 Å². The molecule has 1 N–H and O–H groups in total. The van der Waals surface area contributed by atoms with E-state index in [0.717, 1.165) is 42.0 Å². The third kappa shape index (κ3) is 3.97. The van der Waals surface area contributed by atoms with Crippen LogP contribution in [0.3, 0.4) is 0 Å². The van der Waals surface area contributed by atoms with Gasteiger partial charge < -0.3 is 15.0 Å². The number of nitrogens with zero attached hydrogens (tertiary/aromatic N) is 3. The first-order chi connectivity index (χ1) is 13.3. The van der Waals surface area contributed by atoms with Crippen LogP contribution in [0, 0.1) is 25.7 Å².